The molecule has 1 aliphatic rings. The van der Waals surface area contributed by atoms with E-state index in [2.05, 4.69) is 5.32 Å². The second-order valence-corrected chi connectivity index (χ2v) is 10.2. The molecule has 37 heavy (non-hydrogen) atoms. The number of piperidine rings is 1. The van der Waals surface area contributed by atoms with E-state index in [9.17, 15) is 14.4 Å². The number of ether oxygens (including phenoxy) is 2. The molecule has 1 atom stereocenters. The summed E-state index contributed by atoms with van der Waals surface area (Å²) in [4.78, 5) is 45.6. The van der Waals surface area contributed by atoms with E-state index >= 15 is 0 Å². The fourth-order valence-electron chi connectivity index (χ4n) is 4.38. The fraction of sp³-hybridized carbons (Fsp3) is 0.429. The minimum atomic E-state index is -0.669. The molecule has 0 unspecified atom stereocenters. The van der Waals surface area contributed by atoms with Gasteiger partial charge in [-0.25, -0.2) is 9.78 Å². The molecule has 1 aromatic heterocycles. The van der Waals surface area contributed by atoms with E-state index in [-0.39, 0.29) is 23.5 Å². The quantitative estimate of drug-likeness (QED) is 0.533. The summed E-state index contributed by atoms with van der Waals surface area (Å²) < 4.78 is 12.7. The van der Waals surface area contributed by atoms with Gasteiger partial charge in [-0.1, -0.05) is 24.3 Å². The number of fused-ring (bicyclic) bond motifs is 1. The molecule has 2 heterocycles. The second-order valence-electron chi connectivity index (χ2n) is 10.2. The zero-order valence-corrected chi connectivity index (χ0v) is 21.8. The molecular formula is C28H34N4O5. The molecule has 9 nitrogen and oxygen atoms in total. The van der Waals surface area contributed by atoms with Crippen LogP contribution in [0.4, 0.5) is 4.79 Å². The van der Waals surface area contributed by atoms with E-state index in [1.165, 1.54) is 4.57 Å². The van der Waals surface area contributed by atoms with Crippen molar-refractivity contribution >= 4 is 22.9 Å². The van der Waals surface area contributed by atoms with E-state index in [1.54, 1.807) is 62.9 Å². The molecule has 0 spiro atoms. The Kier molecular flexibility index (Phi) is 7.80. The largest absolute Gasteiger partial charge is 0.483 e. The van der Waals surface area contributed by atoms with Crippen molar-refractivity contribution in [3.05, 3.63) is 64.7 Å². The van der Waals surface area contributed by atoms with Gasteiger partial charge in [0.2, 0.25) is 0 Å². The summed E-state index contributed by atoms with van der Waals surface area (Å²) in [5.74, 6) is 0.542. The van der Waals surface area contributed by atoms with Crippen molar-refractivity contribution in [2.75, 3.05) is 19.7 Å². The Morgan fingerprint density at radius 3 is 2.41 bits per heavy atom. The summed E-state index contributed by atoms with van der Waals surface area (Å²) in [7, 11) is 0. The number of rotatable bonds is 6. The van der Waals surface area contributed by atoms with Crippen molar-refractivity contribution in [3.8, 4) is 11.4 Å². The van der Waals surface area contributed by atoms with Crippen LogP contribution in [0.1, 0.15) is 58.8 Å². The topological polar surface area (TPSA) is 103 Å². The Morgan fingerprint density at radius 2 is 1.73 bits per heavy atom. The number of amides is 2. The number of nitrogens with one attached hydrogen (secondary N) is 1. The average molecular weight is 507 g/mol. The third-order valence-electron chi connectivity index (χ3n) is 6.08. The Morgan fingerprint density at radius 1 is 1.03 bits per heavy atom. The van der Waals surface area contributed by atoms with E-state index < -0.39 is 17.7 Å². The molecule has 196 valence electrons. The van der Waals surface area contributed by atoms with Gasteiger partial charge in [0.1, 0.15) is 22.6 Å². The van der Waals surface area contributed by atoms with E-state index in [0.717, 1.165) is 32.4 Å². The molecule has 1 aliphatic heterocycles. The van der Waals surface area contributed by atoms with Gasteiger partial charge < -0.3 is 19.7 Å². The van der Waals surface area contributed by atoms with Crippen molar-refractivity contribution in [2.45, 2.75) is 58.6 Å². The molecule has 2 amide bonds. The van der Waals surface area contributed by atoms with Gasteiger partial charge >= 0.3 is 6.09 Å². The maximum absolute atomic E-state index is 13.9. The molecule has 0 bridgehead atoms. The Hall–Kier alpha value is -3.88. The molecule has 1 saturated heterocycles. The second kappa shape index (κ2) is 11.0. The highest BCUT2D eigenvalue weighted by atomic mass is 16.6. The number of hydrogen-bond donors (Lipinski definition) is 1. The van der Waals surface area contributed by atoms with Crippen molar-refractivity contribution in [2.24, 2.45) is 0 Å². The van der Waals surface area contributed by atoms with Crippen LogP contribution >= 0.6 is 0 Å². The number of para-hydroxylation sites is 1. The molecule has 0 radical (unpaired) electrons. The lowest BCUT2D eigenvalue weighted by Crippen LogP contribution is -2.38. The van der Waals surface area contributed by atoms with Crippen molar-refractivity contribution in [1.82, 2.24) is 19.8 Å². The lowest BCUT2D eigenvalue weighted by Gasteiger charge is -2.26. The van der Waals surface area contributed by atoms with Crippen LogP contribution < -0.4 is 15.6 Å². The Bertz CT molecular complexity index is 1320. The first-order valence-electron chi connectivity index (χ1n) is 12.7. The van der Waals surface area contributed by atoms with Gasteiger partial charge in [-0.05, 0) is 71.2 Å². The van der Waals surface area contributed by atoms with Gasteiger partial charge in [-0.15, -0.1) is 0 Å². The molecule has 4 rings (SSSR count). The SMILES string of the molecule is C[C@H](NC(=O)OC(C)(C)C)c1nc2cccc(OCC(=O)N3CCCCC3)c2c(=O)n1-c1ccccc1. The maximum atomic E-state index is 13.9. The first kappa shape index (κ1) is 26.2. The van der Waals surface area contributed by atoms with Gasteiger partial charge in [0.25, 0.3) is 11.5 Å². The number of aromatic nitrogens is 2. The number of hydrogen-bond acceptors (Lipinski definition) is 6. The predicted octanol–water partition coefficient (Wildman–Crippen LogP) is 4.36. The van der Waals surface area contributed by atoms with Crippen LogP contribution in [0, 0.1) is 0 Å². The maximum Gasteiger partial charge on any atom is 0.408 e. The summed E-state index contributed by atoms with van der Waals surface area (Å²) in [6, 6.07) is 13.6. The molecule has 9 heteroatoms. The predicted molar refractivity (Wildman–Crippen MR) is 141 cm³/mol. The zero-order valence-electron chi connectivity index (χ0n) is 21.8. The monoisotopic (exact) mass is 506 g/mol. The van der Waals surface area contributed by atoms with Crippen LogP contribution in [0.25, 0.3) is 16.6 Å². The standard InChI is InChI=1S/C28H34N4O5/c1-19(29-27(35)37-28(2,3)4)25-30-21-14-11-15-22(36-18-23(33)31-16-9-6-10-17-31)24(21)26(34)32(25)20-12-7-5-8-13-20/h5,7-8,11-15,19H,6,9-10,16-18H2,1-4H3,(H,29,35)/t19-/m0/s1. The van der Waals surface area contributed by atoms with Crippen LogP contribution in [-0.4, -0.2) is 51.7 Å². The number of carbonyl (C=O) groups excluding carboxylic acids is 2. The molecule has 2 aromatic carbocycles. The molecule has 0 aliphatic carbocycles. The van der Waals surface area contributed by atoms with E-state index in [0.29, 0.717) is 22.8 Å². The molecule has 3 aromatic rings. The highest BCUT2D eigenvalue weighted by molar-refractivity contribution is 5.85. The number of carbonyl (C=O) groups is 2. The minimum Gasteiger partial charge on any atom is -0.483 e. The normalized spacial score (nSPS) is 14.8. The number of likely N-dealkylation sites (tertiary alicyclic amines) is 1. The van der Waals surface area contributed by atoms with E-state index in [4.69, 9.17) is 14.5 Å². The summed E-state index contributed by atoms with van der Waals surface area (Å²) in [6.07, 6.45) is 2.50. The third-order valence-corrected chi connectivity index (χ3v) is 6.08. The fourth-order valence-corrected chi connectivity index (χ4v) is 4.38. The first-order chi connectivity index (χ1) is 17.6. The average Bonchev–Trinajstić information content (AvgIpc) is 2.86. The highest BCUT2D eigenvalue weighted by Crippen LogP contribution is 2.25. The van der Waals surface area contributed by atoms with Crippen molar-refractivity contribution in [3.63, 3.8) is 0 Å². The highest BCUT2D eigenvalue weighted by Gasteiger charge is 2.24. The van der Waals surface area contributed by atoms with Crippen LogP contribution in [0.5, 0.6) is 5.75 Å². The molecular weight excluding hydrogens is 472 g/mol. The van der Waals surface area contributed by atoms with E-state index in [1.807, 2.05) is 18.2 Å². The summed E-state index contributed by atoms with van der Waals surface area (Å²) in [6.45, 7) is 8.39. The van der Waals surface area contributed by atoms with Crippen LogP contribution in [0.15, 0.2) is 53.3 Å². The minimum absolute atomic E-state index is 0.0974. The number of alkyl carbamates (subject to hydrolysis) is 1. The van der Waals surface area contributed by atoms with Gasteiger partial charge in [0.05, 0.1) is 17.2 Å². The van der Waals surface area contributed by atoms with Crippen LogP contribution in [-0.2, 0) is 9.53 Å². The summed E-state index contributed by atoms with van der Waals surface area (Å²) >= 11 is 0. The van der Waals surface area contributed by atoms with Gasteiger partial charge in [0.15, 0.2) is 6.61 Å². The van der Waals surface area contributed by atoms with Crippen molar-refractivity contribution in [1.29, 1.82) is 0 Å². The van der Waals surface area contributed by atoms with Crippen LogP contribution in [0.2, 0.25) is 0 Å². The summed E-state index contributed by atoms with van der Waals surface area (Å²) in [5.41, 5.74) is -0.0238. The third kappa shape index (κ3) is 6.28. The van der Waals surface area contributed by atoms with Crippen LogP contribution in [0.3, 0.4) is 0 Å². The van der Waals surface area contributed by atoms with Crippen molar-refractivity contribution < 1.29 is 19.1 Å². The lowest BCUT2D eigenvalue weighted by atomic mass is 10.1. The summed E-state index contributed by atoms with van der Waals surface area (Å²) in [5, 5.41) is 3.05. The number of benzene rings is 2. The van der Waals surface area contributed by atoms with Gasteiger partial charge in [-0.3, -0.25) is 14.2 Å². The molecule has 1 N–H and O–H groups in total. The zero-order chi connectivity index (χ0) is 26.6. The number of nitrogens with zero attached hydrogens (tertiary/aromatic N) is 3. The molecule has 0 saturated carbocycles. The van der Waals surface area contributed by atoms with Gasteiger partial charge in [-0.2, -0.15) is 0 Å². The Balaban J connectivity index is 1.72. The smallest absolute Gasteiger partial charge is 0.408 e. The first-order valence-corrected chi connectivity index (χ1v) is 12.7. The Labute approximate surface area is 216 Å². The van der Waals surface area contributed by atoms with Gasteiger partial charge in [0, 0.05) is 13.1 Å². The molecule has 1 fully saturated rings. The lowest BCUT2D eigenvalue weighted by molar-refractivity contribution is -0.134.